The molecule has 2 heterocycles. The lowest BCUT2D eigenvalue weighted by atomic mass is 10.2. The Hall–Kier alpha value is -1.97. The summed E-state index contributed by atoms with van der Waals surface area (Å²) in [5.74, 6) is 0.0976. The third kappa shape index (κ3) is 1.46. The number of hydrogen-bond donors (Lipinski definition) is 0. The van der Waals surface area contributed by atoms with Gasteiger partial charge in [-0.1, -0.05) is 0 Å². The SMILES string of the molecule is O=C(c1cncnc1)c1ccco1. The number of aromatic nitrogens is 2. The van der Waals surface area contributed by atoms with Crippen molar-refractivity contribution >= 4 is 5.78 Å². The molecule has 0 radical (unpaired) electrons. The standard InChI is InChI=1S/C9H6N2O2/c12-9(8-2-1-3-13-8)7-4-10-6-11-5-7/h1-6H. The predicted molar refractivity (Wildman–Crippen MR) is 44.2 cm³/mol. The molecule has 2 aromatic rings. The van der Waals surface area contributed by atoms with Crippen LogP contribution < -0.4 is 0 Å². The molecule has 0 aromatic carbocycles. The van der Waals surface area contributed by atoms with Crippen LogP contribution in [0, 0.1) is 0 Å². The highest BCUT2D eigenvalue weighted by Crippen LogP contribution is 2.07. The van der Waals surface area contributed by atoms with E-state index in [0.717, 1.165) is 0 Å². The minimum atomic E-state index is -0.203. The summed E-state index contributed by atoms with van der Waals surface area (Å²) in [4.78, 5) is 19.0. The fourth-order valence-electron chi connectivity index (χ4n) is 0.966. The summed E-state index contributed by atoms with van der Waals surface area (Å²) in [5, 5.41) is 0. The normalized spacial score (nSPS) is 9.85. The van der Waals surface area contributed by atoms with Gasteiger partial charge in [-0.25, -0.2) is 9.97 Å². The Labute approximate surface area is 74.2 Å². The second kappa shape index (κ2) is 3.18. The molecule has 0 saturated heterocycles. The van der Waals surface area contributed by atoms with Crippen molar-refractivity contribution in [1.29, 1.82) is 0 Å². The zero-order chi connectivity index (χ0) is 9.10. The molecule has 64 valence electrons. The van der Waals surface area contributed by atoms with Crippen molar-refractivity contribution < 1.29 is 9.21 Å². The van der Waals surface area contributed by atoms with Gasteiger partial charge in [0.05, 0.1) is 11.8 Å². The van der Waals surface area contributed by atoms with Crippen molar-refractivity contribution in [1.82, 2.24) is 9.97 Å². The molecule has 2 rings (SSSR count). The minimum Gasteiger partial charge on any atom is -0.461 e. The van der Waals surface area contributed by atoms with E-state index in [9.17, 15) is 4.79 Å². The number of carbonyl (C=O) groups is 1. The molecule has 0 aliphatic carbocycles. The van der Waals surface area contributed by atoms with E-state index in [0.29, 0.717) is 11.3 Å². The zero-order valence-electron chi connectivity index (χ0n) is 6.68. The van der Waals surface area contributed by atoms with E-state index in [-0.39, 0.29) is 5.78 Å². The summed E-state index contributed by atoms with van der Waals surface area (Å²) >= 11 is 0. The fraction of sp³-hybridized carbons (Fsp3) is 0. The third-order valence-corrected chi connectivity index (χ3v) is 1.57. The number of hydrogen-bond acceptors (Lipinski definition) is 4. The summed E-state index contributed by atoms with van der Waals surface area (Å²) in [5.41, 5.74) is 0.428. The van der Waals surface area contributed by atoms with Gasteiger partial charge in [-0.2, -0.15) is 0 Å². The Morgan fingerprint density at radius 1 is 1.31 bits per heavy atom. The van der Waals surface area contributed by atoms with E-state index in [1.807, 2.05) is 0 Å². The lowest BCUT2D eigenvalue weighted by Crippen LogP contribution is -2.00. The van der Waals surface area contributed by atoms with E-state index >= 15 is 0 Å². The van der Waals surface area contributed by atoms with Crippen molar-refractivity contribution in [2.45, 2.75) is 0 Å². The highest BCUT2D eigenvalue weighted by Gasteiger charge is 2.11. The Bertz CT molecular complexity index is 395. The first-order chi connectivity index (χ1) is 6.38. The molecule has 0 amide bonds. The number of furan rings is 1. The molecule has 0 spiro atoms. The van der Waals surface area contributed by atoms with E-state index < -0.39 is 0 Å². The number of nitrogens with zero attached hydrogens (tertiary/aromatic N) is 2. The Balaban J connectivity index is 2.34. The summed E-state index contributed by atoms with van der Waals surface area (Å²) in [6, 6.07) is 3.27. The molecule has 4 heteroatoms. The average molecular weight is 174 g/mol. The monoisotopic (exact) mass is 174 g/mol. The van der Waals surface area contributed by atoms with Crippen molar-refractivity contribution in [2.24, 2.45) is 0 Å². The molecule has 0 fully saturated rings. The third-order valence-electron chi connectivity index (χ3n) is 1.57. The van der Waals surface area contributed by atoms with Crippen molar-refractivity contribution in [3.05, 3.63) is 48.4 Å². The number of rotatable bonds is 2. The van der Waals surface area contributed by atoms with Crippen LogP contribution in [0.1, 0.15) is 16.1 Å². The maximum Gasteiger partial charge on any atom is 0.231 e. The van der Waals surface area contributed by atoms with Crippen LogP contribution in [-0.2, 0) is 0 Å². The van der Waals surface area contributed by atoms with Crippen LogP contribution in [0.2, 0.25) is 0 Å². The second-order valence-electron chi connectivity index (χ2n) is 2.43. The summed E-state index contributed by atoms with van der Waals surface area (Å²) in [6.45, 7) is 0. The summed E-state index contributed by atoms with van der Waals surface area (Å²) in [7, 11) is 0. The first-order valence-electron chi connectivity index (χ1n) is 3.71. The molecule has 4 nitrogen and oxygen atoms in total. The molecule has 2 aromatic heterocycles. The minimum absolute atomic E-state index is 0.203. The van der Waals surface area contributed by atoms with Crippen LogP contribution >= 0.6 is 0 Å². The molecule has 0 unspecified atom stereocenters. The van der Waals surface area contributed by atoms with Crippen molar-refractivity contribution in [2.75, 3.05) is 0 Å². The van der Waals surface area contributed by atoms with Crippen LogP contribution in [0.4, 0.5) is 0 Å². The Morgan fingerprint density at radius 3 is 2.69 bits per heavy atom. The maximum absolute atomic E-state index is 11.5. The van der Waals surface area contributed by atoms with Gasteiger partial charge in [0, 0.05) is 12.4 Å². The summed E-state index contributed by atoms with van der Waals surface area (Å²) in [6.07, 6.45) is 5.74. The van der Waals surface area contributed by atoms with Gasteiger partial charge in [-0.05, 0) is 12.1 Å². The Morgan fingerprint density at radius 2 is 2.08 bits per heavy atom. The van der Waals surface area contributed by atoms with Gasteiger partial charge in [0.15, 0.2) is 5.76 Å². The molecule has 0 atom stereocenters. The quantitative estimate of drug-likeness (QED) is 0.644. The van der Waals surface area contributed by atoms with Gasteiger partial charge >= 0.3 is 0 Å². The largest absolute Gasteiger partial charge is 0.461 e. The van der Waals surface area contributed by atoms with Crippen molar-refractivity contribution in [3.63, 3.8) is 0 Å². The van der Waals surface area contributed by atoms with Crippen LogP contribution in [0.3, 0.4) is 0 Å². The molecule has 0 aliphatic rings. The van der Waals surface area contributed by atoms with Crippen LogP contribution in [0.5, 0.6) is 0 Å². The van der Waals surface area contributed by atoms with Gasteiger partial charge < -0.3 is 4.42 Å². The first-order valence-corrected chi connectivity index (χ1v) is 3.71. The van der Waals surface area contributed by atoms with Crippen LogP contribution in [0.15, 0.2) is 41.5 Å². The van der Waals surface area contributed by atoms with Gasteiger partial charge in [0.2, 0.25) is 5.78 Å². The topological polar surface area (TPSA) is 56.0 Å². The van der Waals surface area contributed by atoms with Gasteiger partial charge in [0.25, 0.3) is 0 Å². The average Bonchev–Trinajstić information content (AvgIpc) is 2.71. The van der Waals surface area contributed by atoms with Crippen LogP contribution in [-0.4, -0.2) is 15.8 Å². The Kier molecular flexibility index (Phi) is 1.88. The first kappa shape index (κ1) is 7.67. The van der Waals surface area contributed by atoms with Gasteiger partial charge in [-0.15, -0.1) is 0 Å². The highest BCUT2D eigenvalue weighted by molar-refractivity contribution is 6.06. The number of carbonyl (C=O) groups excluding carboxylic acids is 1. The summed E-state index contributed by atoms with van der Waals surface area (Å²) < 4.78 is 4.94. The second-order valence-corrected chi connectivity index (χ2v) is 2.43. The van der Waals surface area contributed by atoms with E-state index in [4.69, 9.17) is 4.42 Å². The van der Waals surface area contributed by atoms with Gasteiger partial charge in [0.1, 0.15) is 6.33 Å². The van der Waals surface area contributed by atoms with Crippen LogP contribution in [0.25, 0.3) is 0 Å². The maximum atomic E-state index is 11.5. The lowest BCUT2D eigenvalue weighted by Gasteiger charge is -1.93. The lowest BCUT2D eigenvalue weighted by molar-refractivity contribution is 0.101. The molecule has 13 heavy (non-hydrogen) atoms. The van der Waals surface area contributed by atoms with E-state index in [2.05, 4.69) is 9.97 Å². The highest BCUT2D eigenvalue weighted by atomic mass is 16.3. The van der Waals surface area contributed by atoms with Crippen molar-refractivity contribution in [3.8, 4) is 0 Å². The molecular weight excluding hydrogens is 168 g/mol. The van der Waals surface area contributed by atoms with E-state index in [1.165, 1.54) is 25.0 Å². The smallest absolute Gasteiger partial charge is 0.231 e. The molecule has 0 saturated carbocycles. The molecule has 0 N–H and O–H groups in total. The molecular formula is C9H6N2O2. The zero-order valence-corrected chi connectivity index (χ0v) is 6.68. The fourth-order valence-corrected chi connectivity index (χ4v) is 0.966. The molecule has 0 aliphatic heterocycles. The molecule has 0 bridgehead atoms. The predicted octanol–water partition coefficient (Wildman–Crippen LogP) is 1.30. The van der Waals surface area contributed by atoms with E-state index in [1.54, 1.807) is 12.1 Å². The number of ketones is 1. The van der Waals surface area contributed by atoms with Gasteiger partial charge in [-0.3, -0.25) is 4.79 Å².